The normalized spacial score (nSPS) is 10.9. The minimum Gasteiger partial charge on any atom is -0.339 e. The summed E-state index contributed by atoms with van der Waals surface area (Å²) in [5.74, 6) is 0. The van der Waals surface area contributed by atoms with Crippen LogP contribution in [0.25, 0.3) is 38.4 Å². The summed E-state index contributed by atoms with van der Waals surface area (Å²) < 4.78 is 2.00. The van der Waals surface area contributed by atoms with Gasteiger partial charge in [-0.15, -0.1) is 29.7 Å². The molecule has 0 aliphatic heterocycles. The first kappa shape index (κ1) is 18.4. The Morgan fingerprint density at radius 3 is 2.54 bits per heavy atom. The van der Waals surface area contributed by atoms with Gasteiger partial charge in [0.25, 0.3) is 0 Å². The predicted octanol–water partition coefficient (Wildman–Crippen LogP) is 5.59. The fourth-order valence-corrected chi connectivity index (χ4v) is 4.03. The molecule has 28 heavy (non-hydrogen) atoms. The molecule has 4 heteroatoms. The van der Waals surface area contributed by atoms with E-state index in [0.29, 0.717) is 5.69 Å². The molecule has 0 fully saturated rings. The molecule has 2 heterocycles. The number of nitriles is 1. The van der Waals surface area contributed by atoms with Crippen molar-refractivity contribution in [2.24, 2.45) is 0 Å². The van der Waals surface area contributed by atoms with Crippen LogP contribution in [-0.4, -0.2) is 9.38 Å². The average molecular weight is 539 g/mol. The molecule has 0 amide bonds. The molecule has 0 saturated heterocycles. The van der Waals surface area contributed by atoms with Gasteiger partial charge in [-0.2, -0.15) is 5.26 Å². The summed E-state index contributed by atoms with van der Waals surface area (Å²) in [6.07, 6.45) is 1.80. The van der Waals surface area contributed by atoms with Crippen molar-refractivity contribution in [1.29, 1.82) is 5.26 Å². The van der Waals surface area contributed by atoms with Crippen LogP contribution in [-0.2, 0) is 20.1 Å². The molecule has 0 saturated carbocycles. The second kappa shape index (κ2) is 6.87. The molecule has 0 atom stereocenters. The van der Waals surface area contributed by atoms with E-state index in [0.717, 1.165) is 27.3 Å². The van der Waals surface area contributed by atoms with Gasteiger partial charge in [0, 0.05) is 31.8 Å². The zero-order valence-electron chi connectivity index (χ0n) is 15.4. The molecule has 0 spiro atoms. The van der Waals surface area contributed by atoms with E-state index in [9.17, 15) is 5.26 Å². The van der Waals surface area contributed by atoms with Gasteiger partial charge in [0.15, 0.2) is 0 Å². The zero-order chi connectivity index (χ0) is 18.5. The molecule has 137 valence electrons. The molecule has 3 nitrogen and oxygen atoms in total. The monoisotopic (exact) mass is 539 g/mol. The number of nitrogens with zero attached hydrogens (tertiary/aromatic N) is 3. The number of aryl methyl sites for hydroxylation is 2. The Labute approximate surface area is 176 Å². The van der Waals surface area contributed by atoms with Crippen LogP contribution in [0.5, 0.6) is 0 Å². The van der Waals surface area contributed by atoms with Crippen molar-refractivity contribution in [3.8, 4) is 17.2 Å². The molecule has 3 aromatic carbocycles. The van der Waals surface area contributed by atoms with Gasteiger partial charge in [-0.05, 0) is 47.6 Å². The topological polar surface area (TPSA) is 41.1 Å². The van der Waals surface area contributed by atoms with Gasteiger partial charge >= 0.3 is 0 Å². The SMILES string of the molecule is Cc1cccc(C)c1-c1ccc2c(c1)c1ccc[c-]c1c1nc(C#N)cn21.[Ir]. The summed E-state index contributed by atoms with van der Waals surface area (Å²) in [6, 6.07) is 24.4. The third-order valence-electron chi connectivity index (χ3n) is 5.22. The van der Waals surface area contributed by atoms with Gasteiger partial charge in [0.2, 0.25) is 0 Å². The van der Waals surface area contributed by atoms with Crippen molar-refractivity contribution in [2.45, 2.75) is 13.8 Å². The van der Waals surface area contributed by atoms with Crippen LogP contribution >= 0.6 is 0 Å². The number of hydrogen-bond donors (Lipinski definition) is 0. The first-order valence-electron chi connectivity index (χ1n) is 8.89. The van der Waals surface area contributed by atoms with Crippen LogP contribution in [0.1, 0.15) is 16.8 Å². The molecule has 0 unspecified atom stereocenters. The molecule has 2 aromatic heterocycles. The summed E-state index contributed by atoms with van der Waals surface area (Å²) >= 11 is 0. The van der Waals surface area contributed by atoms with E-state index >= 15 is 0 Å². The van der Waals surface area contributed by atoms with Crippen LogP contribution in [0.2, 0.25) is 0 Å². The van der Waals surface area contributed by atoms with E-state index in [1.165, 1.54) is 22.3 Å². The Balaban J connectivity index is 0.00000192. The Hall–Kier alpha value is -2.99. The zero-order valence-corrected chi connectivity index (χ0v) is 17.8. The predicted molar refractivity (Wildman–Crippen MR) is 109 cm³/mol. The smallest absolute Gasteiger partial charge is 0.148 e. The maximum Gasteiger partial charge on any atom is 0.148 e. The molecular formula is C24H16IrN3-. The maximum atomic E-state index is 9.30. The van der Waals surface area contributed by atoms with Crippen molar-refractivity contribution in [3.05, 3.63) is 83.7 Å². The number of imidazole rings is 1. The Bertz CT molecular complexity index is 1390. The number of pyridine rings is 1. The Kier molecular flexibility index (Phi) is 4.51. The first-order valence-corrected chi connectivity index (χ1v) is 8.89. The summed E-state index contributed by atoms with van der Waals surface area (Å²) in [6.45, 7) is 4.30. The molecular weight excluding hydrogens is 523 g/mol. The molecule has 0 N–H and O–H groups in total. The number of rotatable bonds is 1. The number of hydrogen-bond acceptors (Lipinski definition) is 2. The van der Waals surface area contributed by atoms with Crippen molar-refractivity contribution in [1.82, 2.24) is 9.38 Å². The van der Waals surface area contributed by atoms with Crippen LogP contribution < -0.4 is 0 Å². The van der Waals surface area contributed by atoms with Crippen molar-refractivity contribution < 1.29 is 20.1 Å². The summed E-state index contributed by atoms with van der Waals surface area (Å²) in [7, 11) is 0. The van der Waals surface area contributed by atoms with E-state index in [4.69, 9.17) is 0 Å². The van der Waals surface area contributed by atoms with E-state index in [-0.39, 0.29) is 20.1 Å². The van der Waals surface area contributed by atoms with Crippen LogP contribution in [0.3, 0.4) is 0 Å². The number of benzene rings is 3. The second-order valence-electron chi connectivity index (χ2n) is 6.89. The minimum atomic E-state index is 0. The maximum absolute atomic E-state index is 9.30. The van der Waals surface area contributed by atoms with Crippen LogP contribution in [0.15, 0.2) is 60.8 Å². The molecule has 0 aliphatic rings. The van der Waals surface area contributed by atoms with Gasteiger partial charge < -0.3 is 4.40 Å². The van der Waals surface area contributed by atoms with E-state index < -0.39 is 0 Å². The standard InChI is InChI=1S/C24H16N3.Ir/c1-15-6-5-7-16(2)23(15)17-10-11-22-21(12-17)19-8-3-4-9-20(19)24-26-18(13-25)14-27(22)24;/h3-8,10-12,14H,1-2H3;/q-1;. The fraction of sp³-hybridized carbons (Fsp3) is 0.0833. The molecule has 5 aromatic rings. The quantitative estimate of drug-likeness (QED) is 0.206. The minimum absolute atomic E-state index is 0. The van der Waals surface area contributed by atoms with E-state index in [2.05, 4.69) is 73.4 Å². The Morgan fingerprint density at radius 2 is 1.79 bits per heavy atom. The van der Waals surface area contributed by atoms with Gasteiger partial charge in [0.05, 0.1) is 5.65 Å². The van der Waals surface area contributed by atoms with Gasteiger partial charge in [0.1, 0.15) is 11.8 Å². The first-order chi connectivity index (χ1) is 13.2. The van der Waals surface area contributed by atoms with Crippen LogP contribution in [0, 0.1) is 31.2 Å². The largest absolute Gasteiger partial charge is 0.339 e. The summed E-state index contributed by atoms with van der Waals surface area (Å²) in [5, 5.41) is 12.5. The molecule has 5 rings (SSSR count). The summed E-state index contributed by atoms with van der Waals surface area (Å²) in [4.78, 5) is 4.49. The molecule has 0 bridgehead atoms. The third kappa shape index (κ3) is 2.64. The van der Waals surface area contributed by atoms with Crippen molar-refractivity contribution in [3.63, 3.8) is 0 Å². The van der Waals surface area contributed by atoms with Gasteiger partial charge in [-0.3, -0.25) is 4.98 Å². The van der Waals surface area contributed by atoms with Crippen molar-refractivity contribution >= 4 is 27.3 Å². The number of aromatic nitrogens is 2. The van der Waals surface area contributed by atoms with E-state index in [1.807, 2.05) is 16.5 Å². The second-order valence-corrected chi connectivity index (χ2v) is 6.89. The molecule has 1 radical (unpaired) electrons. The van der Waals surface area contributed by atoms with Crippen molar-refractivity contribution in [2.75, 3.05) is 0 Å². The Morgan fingerprint density at radius 1 is 1.00 bits per heavy atom. The van der Waals surface area contributed by atoms with E-state index in [1.54, 1.807) is 6.20 Å². The average Bonchev–Trinajstić information content (AvgIpc) is 3.13. The number of fused-ring (bicyclic) bond motifs is 6. The van der Waals surface area contributed by atoms with Gasteiger partial charge in [-0.25, -0.2) is 0 Å². The van der Waals surface area contributed by atoms with Crippen LogP contribution in [0.4, 0.5) is 0 Å². The summed E-state index contributed by atoms with van der Waals surface area (Å²) in [5.41, 5.74) is 7.23. The van der Waals surface area contributed by atoms with Gasteiger partial charge in [-0.1, -0.05) is 35.7 Å². The third-order valence-corrected chi connectivity index (χ3v) is 5.22. The molecule has 0 aliphatic carbocycles. The fourth-order valence-electron chi connectivity index (χ4n) is 4.03.